The summed E-state index contributed by atoms with van der Waals surface area (Å²) in [6.45, 7) is 5.33. The topological polar surface area (TPSA) is 187 Å². The molecule has 3 saturated heterocycles. The smallest absolute Gasteiger partial charge is 0.409 e. The number of anilines is 1. The molecule has 2 aromatic rings. The number of fused-ring (bicyclic) bond motifs is 1. The molecule has 0 bridgehead atoms. The van der Waals surface area contributed by atoms with Crippen LogP contribution in [0.25, 0.3) is 11.2 Å². The lowest BCUT2D eigenvalue weighted by Gasteiger charge is -2.31. The second-order valence-electron chi connectivity index (χ2n) is 10.8. The Bertz CT molecular complexity index is 1180. The number of aryl methyl sites for hydroxylation is 1. The number of aliphatic hydroxyl groups is 2. The Labute approximate surface area is 232 Å². The third kappa shape index (κ3) is 6.14. The number of carbonyl (C=O) groups is 2. The SMILES string of the molecule is CCNC(=O)[C@H]1O[C@@H](n2cnc3c(N)nc(CCCC4CCN(C(=O)OCC5CCOC5)CC4)nc32)C(O)[C@H]1O. The maximum absolute atomic E-state index is 12.4. The Balaban J connectivity index is 1.14. The molecular formula is C26H39N7O7. The zero-order valence-corrected chi connectivity index (χ0v) is 22.8. The molecule has 5 N–H and O–H groups in total. The average molecular weight is 562 g/mol. The van der Waals surface area contributed by atoms with Gasteiger partial charge in [-0.2, -0.15) is 0 Å². The summed E-state index contributed by atoms with van der Waals surface area (Å²) < 4.78 is 18.0. The van der Waals surface area contributed by atoms with Crippen LogP contribution in [0.2, 0.25) is 0 Å². The highest BCUT2D eigenvalue weighted by atomic mass is 16.6. The summed E-state index contributed by atoms with van der Waals surface area (Å²) >= 11 is 0. The van der Waals surface area contributed by atoms with Crippen LogP contribution in [0, 0.1) is 11.8 Å². The van der Waals surface area contributed by atoms with E-state index in [1.165, 1.54) is 10.9 Å². The van der Waals surface area contributed by atoms with Crippen molar-refractivity contribution in [3.05, 3.63) is 12.2 Å². The molecule has 5 rings (SSSR count). The normalized spacial score (nSPS) is 27.4. The van der Waals surface area contributed by atoms with E-state index in [4.69, 9.17) is 19.9 Å². The van der Waals surface area contributed by atoms with Gasteiger partial charge >= 0.3 is 6.09 Å². The molecule has 5 heterocycles. The lowest BCUT2D eigenvalue weighted by molar-refractivity contribution is -0.137. The van der Waals surface area contributed by atoms with Gasteiger partial charge in [0.25, 0.3) is 5.91 Å². The molecule has 5 atom stereocenters. The minimum Gasteiger partial charge on any atom is -0.449 e. The second-order valence-corrected chi connectivity index (χ2v) is 10.8. The van der Waals surface area contributed by atoms with E-state index in [1.54, 1.807) is 11.8 Å². The molecule has 0 aliphatic carbocycles. The van der Waals surface area contributed by atoms with Crippen LogP contribution in [0.1, 0.15) is 51.1 Å². The standard InChI is InChI=1S/C26H39N7O7/c1-2-28-24(36)21-19(34)20(35)25(40-21)33-14-29-18-22(27)30-17(31-23(18)33)5-3-4-15-6-9-32(10-7-15)26(37)39-13-16-8-11-38-12-16/h14-16,19-21,25,34-35H,2-13H2,1H3,(H,28,36)(H2,27,30,31)/t16?,19-,20?,21+,25-/m1/s1. The van der Waals surface area contributed by atoms with Crippen LogP contribution in [-0.4, -0.2) is 104 Å². The Morgan fingerprint density at radius 1 is 1.18 bits per heavy atom. The van der Waals surface area contributed by atoms with Gasteiger partial charge < -0.3 is 40.4 Å². The number of carbonyl (C=O) groups excluding carboxylic acids is 2. The van der Waals surface area contributed by atoms with Gasteiger partial charge in [0.05, 0.1) is 19.5 Å². The van der Waals surface area contributed by atoms with E-state index in [2.05, 4.69) is 20.3 Å². The molecule has 3 aliphatic rings. The number of hydrogen-bond donors (Lipinski definition) is 4. The molecular weight excluding hydrogens is 522 g/mol. The molecule has 14 nitrogen and oxygen atoms in total. The fraction of sp³-hybridized carbons (Fsp3) is 0.731. The van der Waals surface area contributed by atoms with Crippen molar-refractivity contribution in [2.24, 2.45) is 11.8 Å². The molecule has 2 aromatic heterocycles. The molecule has 14 heteroatoms. The highest BCUT2D eigenvalue weighted by molar-refractivity contribution is 5.83. The molecule has 2 amide bonds. The number of likely N-dealkylation sites (N-methyl/N-ethyl adjacent to an activating group) is 1. The van der Waals surface area contributed by atoms with Crippen molar-refractivity contribution in [2.45, 2.75) is 70.0 Å². The highest BCUT2D eigenvalue weighted by Gasteiger charge is 2.47. The predicted octanol–water partition coefficient (Wildman–Crippen LogP) is 0.372. The molecule has 0 spiro atoms. The fourth-order valence-electron chi connectivity index (χ4n) is 5.61. The summed E-state index contributed by atoms with van der Waals surface area (Å²) in [7, 11) is 0. The summed E-state index contributed by atoms with van der Waals surface area (Å²) in [5, 5.41) is 23.6. The Kier molecular flexibility index (Phi) is 8.98. The summed E-state index contributed by atoms with van der Waals surface area (Å²) in [4.78, 5) is 39.8. The van der Waals surface area contributed by atoms with Gasteiger partial charge in [-0.1, -0.05) is 0 Å². The van der Waals surface area contributed by atoms with Gasteiger partial charge in [-0.05, 0) is 44.9 Å². The molecule has 3 aliphatic heterocycles. The number of imidazole rings is 1. The third-order valence-corrected chi connectivity index (χ3v) is 7.97. The van der Waals surface area contributed by atoms with Gasteiger partial charge in [-0.25, -0.2) is 19.7 Å². The monoisotopic (exact) mass is 561 g/mol. The van der Waals surface area contributed by atoms with Crippen LogP contribution in [0.5, 0.6) is 0 Å². The molecule has 40 heavy (non-hydrogen) atoms. The lowest BCUT2D eigenvalue weighted by Crippen LogP contribution is -2.42. The summed E-state index contributed by atoms with van der Waals surface area (Å²) in [5.41, 5.74) is 6.89. The summed E-state index contributed by atoms with van der Waals surface area (Å²) in [6.07, 6.45) is 1.33. The largest absolute Gasteiger partial charge is 0.449 e. The first-order valence-electron chi connectivity index (χ1n) is 14.1. The van der Waals surface area contributed by atoms with Crippen molar-refractivity contribution in [1.82, 2.24) is 29.7 Å². The first-order valence-corrected chi connectivity index (χ1v) is 14.1. The van der Waals surface area contributed by atoms with Crippen molar-refractivity contribution in [2.75, 3.05) is 45.2 Å². The lowest BCUT2D eigenvalue weighted by atomic mass is 9.91. The first kappa shape index (κ1) is 28.5. The number of aromatic nitrogens is 4. The molecule has 3 fully saturated rings. The highest BCUT2D eigenvalue weighted by Crippen LogP contribution is 2.32. The summed E-state index contributed by atoms with van der Waals surface area (Å²) in [5.74, 6) is 1.05. The van der Waals surface area contributed by atoms with E-state index >= 15 is 0 Å². The van der Waals surface area contributed by atoms with E-state index in [9.17, 15) is 19.8 Å². The van der Waals surface area contributed by atoms with E-state index in [-0.39, 0.29) is 11.9 Å². The van der Waals surface area contributed by atoms with Gasteiger partial charge in [0.1, 0.15) is 23.5 Å². The number of nitrogens with two attached hydrogens (primary N) is 1. The molecule has 0 saturated carbocycles. The van der Waals surface area contributed by atoms with Crippen LogP contribution in [-0.2, 0) is 25.4 Å². The minimum atomic E-state index is -1.40. The van der Waals surface area contributed by atoms with Gasteiger partial charge in [0.2, 0.25) is 0 Å². The quantitative estimate of drug-likeness (QED) is 0.331. The Morgan fingerprint density at radius 3 is 2.70 bits per heavy atom. The Morgan fingerprint density at radius 2 is 1.98 bits per heavy atom. The van der Waals surface area contributed by atoms with Crippen molar-refractivity contribution < 1.29 is 34.0 Å². The number of aliphatic hydroxyl groups excluding tert-OH is 2. The maximum atomic E-state index is 12.4. The van der Waals surface area contributed by atoms with Gasteiger partial charge in [-0.15, -0.1) is 0 Å². The van der Waals surface area contributed by atoms with Crippen molar-refractivity contribution in [1.29, 1.82) is 0 Å². The van der Waals surface area contributed by atoms with E-state index in [0.717, 1.165) is 38.7 Å². The van der Waals surface area contributed by atoms with E-state index in [0.29, 0.717) is 68.1 Å². The number of rotatable bonds is 9. The van der Waals surface area contributed by atoms with Crippen LogP contribution < -0.4 is 11.1 Å². The summed E-state index contributed by atoms with van der Waals surface area (Å²) in [6, 6.07) is 0. The number of likely N-dealkylation sites (tertiary alicyclic amines) is 1. The zero-order chi connectivity index (χ0) is 28.2. The first-order chi connectivity index (χ1) is 19.4. The molecule has 0 radical (unpaired) electrons. The Hall–Kier alpha value is -3.07. The van der Waals surface area contributed by atoms with Gasteiger partial charge in [0.15, 0.2) is 23.8 Å². The van der Waals surface area contributed by atoms with Crippen LogP contribution in [0.15, 0.2) is 6.33 Å². The maximum Gasteiger partial charge on any atom is 0.409 e. The second kappa shape index (κ2) is 12.6. The van der Waals surface area contributed by atoms with Crippen molar-refractivity contribution in [3.8, 4) is 0 Å². The molecule has 2 unspecified atom stereocenters. The van der Waals surface area contributed by atoms with Crippen molar-refractivity contribution >= 4 is 29.0 Å². The minimum absolute atomic E-state index is 0.211. The van der Waals surface area contributed by atoms with Crippen LogP contribution in [0.3, 0.4) is 0 Å². The predicted molar refractivity (Wildman–Crippen MR) is 142 cm³/mol. The van der Waals surface area contributed by atoms with E-state index < -0.39 is 30.4 Å². The van der Waals surface area contributed by atoms with Gasteiger partial charge in [0, 0.05) is 38.6 Å². The van der Waals surface area contributed by atoms with Crippen molar-refractivity contribution in [3.63, 3.8) is 0 Å². The average Bonchev–Trinajstić information content (AvgIpc) is 3.68. The van der Waals surface area contributed by atoms with E-state index in [1.807, 2.05) is 0 Å². The molecule has 220 valence electrons. The molecule has 0 aromatic carbocycles. The third-order valence-electron chi connectivity index (χ3n) is 7.97. The van der Waals surface area contributed by atoms with Crippen LogP contribution in [0.4, 0.5) is 10.6 Å². The number of piperidine rings is 1. The fourth-order valence-corrected chi connectivity index (χ4v) is 5.61. The zero-order valence-electron chi connectivity index (χ0n) is 22.8. The number of nitrogens with one attached hydrogen (secondary N) is 1. The number of ether oxygens (including phenoxy) is 3. The number of hydrogen-bond acceptors (Lipinski definition) is 11. The van der Waals surface area contributed by atoms with Gasteiger partial charge in [-0.3, -0.25) is 9.36 Å². The number of nitrogens with zero attached hydrogens (tertiary/aromatic N) is 5. The number of amides is 2. The van der Waals surface area contributed by atoms with Crippen LogP contribution >= 0.6 is 0 Å². The number of nitrogen functional groups attached to an aromatic ring is 1.